The Hall–Kier alpha value is -1.02. The molecule has 0 spiro atoms. The second-order valence-electron chi connectivity index (χ2n) is 7.02. The highest BCUT2D eigenvalue weighted by atomic mass is 15.1. The number of hydrogen-bond donors (Lipinski definition) is 1. The SMILES string of the molecule is Cc1ccc(N(CCC(C)C)CCC(C)C)c(CCN)c1. The maximum Gasteiger partial charge on any atom is 0.0399 e. The van der Waals surface area contributed by atoms with Crippen molar-refractivity contribution in [1.82, 2.24) is 0 Å². The zero-order valence-electron chi connectivity index (χ0n) is 14.7. The van der Waals surface area contributed by atoms with Gasteiger partial charge >= 0.3 is 0 Å². The lowest BCUT2D eigenvalue weighted by Crippen LogP contribution is -2.28. The van der Waals surface area contributed by atoms with Crippen LogP contribution in [0.1, 0.15) is 51.7 Å². The van der Waals surface area contributed by atoms with Crippen molar-refractivity contribution in [2.75, 3.05) is 24.5 Å². The lowest BCUT2D eigenvalue weighted by atomic mass is 10.0. The van der Waals surface area contributed by atoms with E-state index in [4.69, 9.17) is 5.73 Å². The Morgan fingerprint density at radius 1 is 1.00 bits per heavy atom. The van der Waals surface area contributed by atoms with E-state index >= 15 is 0 Å². The monoisotopic (exact) mass is 290 g/mol. The van der Waals surface area contributed by atoms with Gasteiger partial charge in [-0.1, -0.05) is 45.4 Å². The normalized spacial score (nSPS) is 11.4. The Balaban J connectivity index is 2.93. The highest BCUT2D eigenvalue weighted by Gasteiger charge is 2.12. The van der Waals surface area contributed by atoms with Gasteiger partial charge in [-0.3, -0.25) is 0 Å². The van der Waals surface area contributed by atoms with Crippen LogP contribution in [0.3, 0.4) is 0 Å². The molecule has 21 heavy (non-hydrogen) atoms. The van der Waals surface area contributed by atoms with Crippen molar-refractivity contribution in [2.45, 2.75) is 53.9 Å². The fraction of sp³-hybridized carbons (Fsp3) is 0.684. The van der Waals surface area contributed by atoms with Crippen molar-refractivity contribution in [3.05, 3.63) is 29.3 Å². The first kappa shape index (κ1) is 18.0. The molecule has 2 N–H and O–H groups in total. The average molecular weight is 290 g/mol. The van der Waals surface area contributed by atoms with E-state index in [-0.39, 0.29) is 0 Å². The van der Waals surface area contributed by atoms with E-state index in [2.05, 4.69) is 57.7 Å². The highest BCUT2D eigenvalue weighted by molar-refractivity contribution is 5.55. The van der Waals surface area contributed by atoms with Crippen molar-refractivity contribution in [1.29, 1.82) is 0 Å². The summed E-state index contributed by atoms with van der Waals surface area (Å²) in [7, 11) is 0. The van der Waals surface area contributed by atoms with Crippen LogP contribution in [0.25, 0.3) is 0 Å². The molecule has 0 amide bonds. The van der Waals surface area contributed by atoms with E-state index in [0.29, 0.717) is 0 Å². The lowest BCUT2D eigenvalue weighted by molar-refractivity contribution is 0.534. The molecule has 0 aromatic heterocycles. The molecule has 1 rings (SSSR count). The molecule has 0 heterocycles. The van der Waals surface area contributed by atoms with Crippen molar-refractivity contribution >= 4 is 5.69 Å². The maximum absolute atomic E-state index is 5.81. The maximum atomic E-state index is 5.81. The van der Waals surface area contributed by atoms with Gasteiger partial charge in [-0.25, -0.2) is 0 Å². The van der Waals surface area contributed by atoms with Gasteiger partial charge in [-0.15, -0.1) is 0 Å². The molecule has 0 aliphatic rings. The molecular formula is C19H34N2. The molecule has 0 bridgehead atoms. The molecule has 0 atom stereocenters. The topological polar surface area (TPSA) is 29.3 Å². The predicted octanol–water partition coefficient (Wildman–Crippen LogP) is 4.39. The Kier molecular flexibility index (Phi) is 7.81. The molecule has 0 saturated heterocycles. The third-order valence-electron chi connectivity index (χ3n) is 3.94. The van der Waals surface area contributed by atoms with Gasteiger partial charge in [0.1, 0.15) is 0 Å². The van der Waals surface area contributed by atoms with Crippen molar-refractivity contribution < 1.29 is 0 Å². The molecule has 2 heteroatoms. The largest absolute Gasteiger partial charge is 0.371 e. The van der Waals surface area contributed by atoms with Gasteiger partial charge in [0.15, 0.2) is 0 Å². The molecule has 2 nitrogen and oxygen atoms in total. The van der Waals surface area contributed by atoms with Gasteiger partial charge in [-0.05, 0) is 56.2 Å². The summed E-state index contributed by atoms with van der Waals surface area (Å²) in [5, 5.41) is 0. The van der Waals surface area contributed by atoms with Crippen LogP contribution in [0.5, 0.6) is 0 Å². The third kappa shape index (κ3) is 6.52. The van der Waals surface area contributed by atoms with Crippen LogP contribution < -0.4 is 10.6 Å². The molecule has 1 aromatic rings. The zero-order valence-corrected chi connectivity index (χ0v) is 14.7. The van der Waals surface area contributed by atoms with E-state index in [0.717, 1.165) is 37.9 Å². The zero-order chi connectivity index (χ0) is 15.8. The summed E-state index contributed by atoms with van der Waals surface area (Å²) in [5.41, 5.74) is 9.94. The molecule has 0 unspecified atom stereocenters. The van der Waals surface area contributed by atoms with Crippen LogP contribution in [0.4, 0.5) is 5.69 Å². The minimum atomic E-state index is 0.721. The first-order chi connectivity index (χ1) is 9.93. The summed E-state index contributed by atoms with van der Waals surface area (Å²) in [6.07, 6.45) is 3.46. The van der Waals surface area contributed by atoms with Gasteiger partial charge < -0.3 is 10.6 Å². The summed E-state index contributed by atoms with van der Waals surface area (Å²) in [6, 6.07) is 6.83. The minimum absolute atomic E-state index is 0.721. The van der Waals surface area contributed by atoms with E-state index in [9.17, 15) is 0 Å². The number of nitrogens with zero attached hydrogens (tertiary/aromatic N) is 1. The second-order valence-corrected chi connectivity index (χ2v) is 7.02. The number of anilines is 1. The van der Waals surface area contributed by atoms with E-state index < -0.39 is 0 Å². The molecule has 0 aliphatic heterocycles. The van der Waals surface area contributed by atoms with Gasteiger partial charge in [0.05, 0.1) is 0 Å². The first-order valence-corrected chi connectivity index (χ1v) is 8.48. The Bertz CT molecular complexity index is 398. The summed E-state index contributed by atoms with van der Waals surface area (Å²) < 4.78 is 0. The number of benzene rings is 1. The molecular weight excluding hydrogens is 256 g/mol. The van der Waals surface area contributed by atoms with Crippen LogP contribution >= 0.6 is 0 Å². The Labute approximate surface area is 131 Å². The van der Waals surface area contributed by atoms with Gasteiger partial charge in [0, 0.05) is 18.8 Å². The van der Waals surface area contributed by atoms with Crippen LogP contribution in [0.15, 0.2) is 18.2 Å². The van der Waals surface area contributed by atoms with Crippen LogP contribution in [-0.4, -0.2) is 19.6 Å². The molecule has 0 aliphatic carbocycles. The standard InChI is InChI=1S/C19H34N2/c1-15(2)9-12-21(13-10-16(3)4)19-7-6-17(5)14-18(19)8-11-20/h6-7,14-16H,8-13,20H2,1-5H3. The summed E-state index contributed by atoms with van der Waals surface area (Å²) in [5.74, 6) is 1.49. The minimum Gasteiger partial charge on any atom is -0.371 e. The fourth-order valence-corrected chi connectivity index (χ4v) is 2.56. The second kappa shape index (κ2) is 9.09. The Morgan fingerprint density at radius 2 is 1.57 bits per heavy atom. The third-order valence-corrected chi connectivity index (χ3v) is 3.94. The van der Waals surface area contributed by atoms with Crippen molar-refractivity contribution in [3.63, 3.8) is 0 Å². The summed E-state index contributed by atoms with van der Waals surface area (Å²) >= 11 is 0. The number of nitrogens with two attached hydrogens (primary N) is 1. The van der Waals surface area contributed by atoms with Crippen molar-refractivity contribution in [3.8, 4) is 0 Å². The Morgan fingerprint density at radius 3 is 2.05 bits per heavy atom. The van der Waals surface area contributed by atoms with Crippen LogP contribution in [0.2, 0.25) is 0 Å². The van der Waals surface area contributed by atoms with Gasteiger partial charge in [0.25, 0.3) is 0 Å². The summed E-state index contributed by atoms with van der Waals surface area (Å²) in [4.78, 5) is 2.57. The molecule has 0 fully saturated rings. The number of hydrogen-bond acceptors (Lipinski definition) is 2. The predicted molar refractivity (Wildman–Crippen MR) is 95.1 cm³/mol. The van der Waals surface area contributed by atoms with Crippen molar-refractivity contribution in [2.24, 2.45) is 17.6 Å². The fourth-order valence-electron chi connectivity index (χ4n) is 2.56. The molecule has 1 aromatic carbocycles. The number of rotatable bonds is 9. The molecule has 0 saturated carbocycles. The lowest BCUT2D eigenvalue weighted by Gasteiger charge is -2.29. The van der Waals surface area contributed by atoms with Crippen LogP contribution in [0, 0.1) is 18.8 Å². The molecule has 120 valence electrons. The summed E-state index contributed by atoms with van der Waals surface area (Å²) in [6.45, 7) is 14.4. The van der Waals surface area contributed by atoms with E-state index in [1.54, 1.807) is 0 Å². The quantitative estimate of drug-likeness (QED) is 0.730. The molecule has 0 radical (unpaired) electrons. The van der Waals surface area contributed by atoms with Gasteiger partial charge in [-0.2, -0.15) is 0 Å². The first-order valence-electron chi connectivity index (χ1n) is 8.48. The van der Waals surface area contributed by atoms with E-state index in [1.807, 2.05) is 0 Å². The van der Waals surface area contributed by atoms with Crippen LogP contribution in [-0.2, 0) is 6.42 Å². The number of aryl methyl sites for hydroxylation is 1. The van der Waals surface area contributed by atoms with Gasteiger partial charge in [0.2, 0.25) is 0 Å². The van der Waals surface area contributed by atoms with E-state index in [1.165, 1.54) is 29.7 Å². The highest BCUT2D eigenvalue weighted by Crippen LogP contribution is 2.24. The smallest absolute Gasteiger partial charge is 0.0399 e. The average Bonchev–Trinajstić information content (AvgIpc) is 2.40.